The molecule has 0 aliphatic carbocycles. The Bertz CT molecular complexity index is 926. The van der Waals surface area contributed by atoms with Gasteiger partial charge in [-0.15, -0.1) is 0 Å². The minimum absolute atomic E-state index is 0.00508. The number of hydrogen-bond donors (Lipinski definition) is 0. The SMILES string of the molecule is CCN(CC)C(=O)/C=C/c1cn(-c2ccccc2)nc1-c1ccc(Cl)cc1. The van der Waals surface area contributed by atoms with Crippen molar-refractivity contribution in [1.82, 2.24) is 14.7 Å². The van der Waals surface area contributed by atoms with Crippen LogP contribution in [0.25, 0.3) is 23.0 Å². The number of likely N-dealkylation sites (N-methyl/N-ethyl adjacent to an activating group) is 1. The van der Waals surface area contributed by atoms with Crippen molar-refractivity contribution < 1.29 is 4.79 Å². The summed E-state index contributed by atoms with van der Waals surface area (Å²) < 4.78 is 1.82. The summed E-state index contributed by atoms with van der Waals surface area (Å²) in [5, 5.41) is 5.42. The average molecular weight is 380 g/mol. The van der Waals surface area contributed by atoms with E-state index in [0.29, 0.717) is 18.1 Å². The number of carbonyl (C=O) groups excluding carboxylic acids is 1. The monoisotopic (exact) mass is 379 g/mol. The highest BCUT2D eigenvalue weighted by Crippen LogP contribution is 2.26. The molecule has 0 saturated carbocycles. The molecular formula is C22H22ClN3O. The number of aromatic nitrogens is 2. The Kier molecular flexibility index (Phi) is 6.09. The Hall–Kier alpha value is -2.85. The van der Waals surface area contributed by atoms with E-state index in [1.165, 1.54) is 0 Å². The highest BCUT2D eigenvalue weighted by atomic mass is 35.5. The minimum atomic E-state index is -0.00508. The number of carbonyl (C=O) groups is 1. The summed E-state index contributed by atoms with van der Waals surface area (Å²) in [5.41, 5.74) is 3.59. The van der Waals surface area contributed by atoms with Crippen LogP contribution in [0.4, 0.5) is 0 Å². The molecule has 1 amide bonds. The molecule has 1 heterocycles. The van der Waals surface area contributed by atoms with E-state index < -0.39 is 0 Å². The van der Waals surface area contributed by atoms with E-state index in [2.05, 4.69) is 0 Å². The molecule has 0 bridgehead atoms. The standard InChI is InChI=1S/C22H22ClN3O/c1-3-25(4-2)21(27)15-12-18-16-26(20-8-6-5-7-9-20)24-22(18)17-10-13-19(23)14-11-17/h5-16H,3-4H2,1-2H3/b15-12+. The van der Waals surface area contributed by atoms with Gasteiger partial charge in [0, 0.05) is 41.5 Å². The van der Waals surface area contributed by atoms with Gasteiger partial charge < -0.3 is 4.90 Å². The second-order valence-corrected chi connectivity index (χ2v) is 6.50. The Morgan fingerprint density at radius 2 is 1.74 bits per heavy atom. The fourth-order valence-corrected chi connectivity index (χ4v) is 2.98. The number of halogens is 1. The second kappa shape index (κ2) is 8.69. The quantitative estimate of drug-likeness (QED) is 0.560. The van der Waals surface area contributed by atoms with Gasteiger partial charge in [0.1, 0.15) is 0 Å². The molecule has 27 heavy (non-hydrogen) atoms. The third kappa shape index (κ3) is 4.47. The number of para-hydroxylation sites is 1. The van der Waals surface area contributed by atoms with E-state index in [4.69, 9.17) is 16.7 Å². The van der Waals surface area contributed by atoms with Crippen LogP contribution in [-0.2, 0) is 4.79 Å². The van der Waals surface area contributed by atoms with Crippen LogP contribution in [0.2, 0.25) is 5.02 Å². The van der Waals surface area contributed by atoms with Gasteiger partial charge in [-0.3, -0.25) is 4.79 Å². The summed E-state index contributed by atoms with van der Waals surface area (Å²) in [7, 11) is 0. The van der Waals surface area contributed by atoms with Gasteiger partial charge in [-0.1, -0.05) is 41.9 Å². The second-order valence-electron chi connectivity index (χ2n) is 6.06. The van der Waals surface area contributed by atoms with Crippen LogP contribution in [0.1, 0.15) is 19.4 Å². The molecule has 0 unspecified atom stereocenters. The number of hydrogen-bond acceptors (Lipinski definition) is 2. The van der Waals surface area contributed by atoms with Gasteiger partial charge >= 0.3 is 0 Å². The predicted octanol–water partition coefficient (Wildman–Crippen LogP) is 5.07. The van der Waals surface area contributed by atoms with E-state index >= 15 is 0 Å². The van der Waals surface area contributed by atoms with Crippen LogP contribution >= 0.6 is 11.6 Å². The van der Waals surface area contributed by atoms with Gasteiger partial charge in [0.15, 0.2) is 0 Å². The van der Waals surface area contributed by atoms with Gasteiger partial charge in [-0.25, -0.2) is 4.68 Å². The Morgan fingerprint density at radius 3 is 2.37 bits per heavy atom. The Labute approximate surface area is 164 Å². The normalized spacial score (nSPS) is 11.1. The highest BCUT2D eigenvalue weighted by Gasteiger charge is 2.12. The maximum atomic E-state index is 12.3. The summed E-state index contributed by atoms with van der Waals surface area (Å²) in [4.78, 5) is 14.1. The molecule has 138 valence electrons. The molecule has 0 fully saturated rings. The van der Waals surface area contributed by atoms with E-state index in [1.807, 2.05) is 85.4 Å². The van der Waals surface area contributed by atoms with Crippen molar-refractivity contribution in [1.29, 1.82) is 0 Å². The molecule has 4 nitrogen and oxygen atoms in total. The van der Waals surface area contributed by atoms with Crippen molar-refractivity contribution in [3.8, 4) is 16.9 Å². The lowest BCUT2D eigenvalue weighted by atomic mass is 10.1. The molecule has 0 atom stereocenters. The molecule has 5 heteroatoms. The van der Waals surface area contributed by atoms with E-state index in [-0.39, 0.29) is 5.91 Å². The van der Waals surface area contributed by atoms with Crippen molar-refractivity contribution in [3.63, 3.8) is 0 Å². The van der Waals surface area contributed by atoms with Gasteiger partial charge in [0.2, 0.25) is 5.91 Å². The topological polar surface area (TPSA) is 38.1 Å². The zero-order valence-electron chi connectivity index (χ0n) is 15.5. The fourth-order valence-electron chi connectivity index (χ4n) is 2.86. The Morgan fingerprint density at radius 1 is 1.07 bits per heavy atom. The average Bonchev–Trinajstić information content (AvgIpc) is 3.13. The molecule has 0 aliphatic heterocycles. The number of nitrogens with zero attached hydrogens (tertiary/aromatic N) is 3. The number of benzene rings is 2. The van der Waals surface area contributed by atoms with Crippen LogP contribution in [0.3, 0.4) is 0 Å². The Balaban J connectivity index is 2.01. The summed E-state index contributed by atoms with van der Waals surface area (Å²) in [6.07, 6.45) is 5.38. The molecule has 3 aromatic rings. The summed E-state index contributed by atoms with van der Waals surface area (Å²) >= 11 is 6.02. The van der Waals surface area contributed by atoms with Crippen LogP contribution in [0.5, 0.6) is 0 Å². The predicted molar refractivity (Wildman–Crippen MR) is 111 cm³/mol. The largest absolute Gasteiger partial charge is 0.340 e. The first kappa shape index (κ1) is 18.9. The number of rotatable bonds is 6. The van der Waals surface area contributed by atoms with E-state index in [1.54, 1.807) is 11.0 Å². The van der Waals surface area contributed by atoms with Gasteiger partial charge in [0.25, 0.3) is 0 Å². The van der Waals surface area contributed by atoms with Crippen LogP contribution < -0.4 is 0 Å². The first-order valence-corrected chi connectivity index (χ1v) is 9.38. The summed E-state index contributed by atoms with van der Waals surface area (Å²) in [6, 6.07) is 17.4. The summed E-state index contributed by atoms with van der Waals surface area (Å²) in [6.45, 7) is 5.32. The molecule has 1 aromatic heterocycles. The maximum Gasteiger partial charge on any atom is 0.246 e. The van der Waals surface area contributed by atoms with E-state index in [0.717, 1.165) is 22.5 Å². The third-order valence-electron chi connectivity index (χ3n) is 4.36. The molecule has 0 saturated heterocycles. The molecule has 0 aliphatic rings. The van der Waals surface area contributed by atoms with Crippen LogP contribution in [0, 0.1) is 0 Å². The van der Waals surface area contributed by atoms with Crippen molar-refractivity contribution in [3.05, 3.63) is 77.5 Å². The van der Waals surface area contributed by atoms with Crippen molar-refractivity contribution >= 4 is 23.6 Å². The smallest absolute Gasteiger partial charge is 0.246 e. The molecule has 2 aromatic carbocycles. The van der Waals surface area contributed by atoms with Crippen LogP contribution in [-0.4, -0.2) is 33.7 Å². The lowest BCUT2D eigenvalue weighted by molar-refractivity contribution is -0.125. The first-order valence-electron chi connectivity index (χ1n) is 9.00. The zero-order chi connectivity index (χ0) is 19.2. The lowest BCUT2D eigenvalue weighted by Gasteiger charge is -2.15. The van der Waals surface area contributed by atoms with Crippen molar-refractivity contribution in [2.24, 2.45) is 0 Å². The van der Waals surface area contributed by atoms with Crippen molar-refractivity contribution in [2.75, 3.05) is 13.1 Å². The molecule has 0 radical (unpaired) electrons. The number of amides is 1. The van der Waals surface area contributed by atoms with Gasteiger partial charge in [-0.05, 0) is 44.2 Å². The van der Waals surface area contributed by atoms with Gasteiger partial charge in [0.05, 0.1) is 11.4 Å². The third-order valence-corrected chi connectivity index (χ3v) is 4.61. The van der Waals surface area contributed by atoms with E-state index in [9.17, 15) is 4.79 Å². The lowest BCUT2D eigenvalue weighted by Crippen LogP contribution is -2.28. The summed E-state index contributed by atoms with van der Waals surface area (Å²) in [5.74, 6) is -0.00508. The first-order chi connectivity index (χ1) is 13.1. The molecule has 3 rings (SSSR count). The minimum Gasteiger partial charge on any atom is -0.340 e. The fraction of sp³-hybridized carbons (Fsp3) is 0.182. The van der Waals surface area contributed by atoms with Gasteiger partial charge in [-0.2, -0.15) is 5.10 Å². The van der Waals surface area contributed by atoms with Crippen LogP contribution in [0.15, 0.2) is 66.9 Å². The maximum absolute atomic E-state index is 12.3. The zero-order valence-corrected chi connectivity index (χ0v) is 16.2. The molecular weight excluding hydrogens is 358 g/mol. The molecule has 0 N–H and O–H groups in total. The highest BCUT2D eigenvalue weighted by molar-refractivity contribution is 6.30. The van der Waals surface area contributed by atoms with Crippen molar-refractivity contribution in [2.45, 2.75) is 13.8 Å². The molecule has 0 spiro atoms.